The van der Waals surface area contributed by atoms with Crippen molar-refractivity contribution >= 4 is 27.3 Å². The summed E-state index contributed by atoms with van der Waals surface area (Å²) in [5.74, 6) is 0. The van der Waals surface area contributed by atoms with Crippen molar-refractivity contribution in [1.82, 2.24) is 4.72 Å². The van der Waals surface area contributed by atoms with E-state index in [1.807, 2.05) is 7.05 Å². The molecule has 4 nitrogen and oxygen atoms in total. The van der Waals surface area contributed by atoms with Crippen LogP contribution >= 0.6 is 11.6 Å². The number of sulfonamides is 1. The third kappa shape index (κ3) is 4.40. The third-order valence-corrected chi connectivity index (χ3v) is 6.86. The van der Waals surface area contributed by atoms with Gasteiger partial charge in [-0.25, -0.2) is 13.1 Å². The third-order valence-electron chi connectivity index (χ3n) is 5.10. The molecular weight excluding hydrogens is 368 g/mol. The number of anilines is 1. The summed E-state index contributed by atoms with van der Waals surface area (Å²) >= 11 is 5.88. The molecule has 0 amide bonds. The molecule has 0 unspecified atom stereocenters. The zero-order chi connectivity index (χ0) is 18.7. The molecule has 2 atom stereocenters. The maximum Gasteiger partial charge on any atom is 0.240 e. The lowest BCUT2D eigenvalue weighted by atomic mass is 9.90. The Labute approximate surface area is 161 Å². The molecule has 0 aliphatic heterocycles. The second-order valence-corrected chi connectivity index (χ2v) is 9.13. The smallest absolute Gasteiger partial charge is 0.240 e. The lowest BCUT2D eigenvalue weighted by Gasteiger charge is -2.39. The van der Waals surface area contributed by atoms with Crippen LogP contribution in [0, 0.1) is 6.92 Å². The molecule has 2 aromatic rings. The van der Waals surface area contributed by atoms with Gasteiger partial charge in [0.25, 0.3) is 0 Å². The molecule has 6 heteroatoms. The summed E-state index contributed by atoms with van der Waals surface area (Å²) in [5.41, 5.74) is 2.32. The van der Waals surface area contributed by atoms with E-state index in [0.29, 0.717) is 5.02 Å². The molecule has 1 N–H and O–H groups in total. The summed E-state index contributed by atoms with van der Waals surface area (Å²) in [7, 11) is -1.52. The van der Waals surface area contributed by atoms with Gasteiger partial charge in [-0.05, 0) is 56.2 Å². The Morgan fingerprint density at radius 1 is 1.00 bits per heavy atom. The Morgan fingerprint density at radius 3 is 2.27 bits per heavy atom. The van der Waals surface area contributed by atoms with Crippen molar-refractivity contribution in [2.45, 2.75) is 49.6 Å². The van der Waals surface area contributed by atoms with E-state index in [2.05, 4.69) is 40.8 Å². The largest absolute Gasteiger partial charge is 0.370 e. The molecule has 2 aromatic carbocycles. The molecule has 0 bridgehead atoms. The minimum atomic E-state index is -3.57. The number of rotatable bonds is 5. The van der Waals surface area contributed by atoms with Gasteiger partial charge in [0, 0.05) is 29.8 Å². The predicted octanol–water partition coefficient (Wildman–Crippen LogP) is 4.37. The predicted molar refractivity (Wildman–Crippen MR) is 107 cm³/mol. The Morgan fingerprint density at radius 2 is 1.62 bits per heavy atom. The van der Waals surface area contributed by atoms with Crippen molar-refractivity contribution in [3.63, 3.8) is 0 Å². The first kappa shape index (κ1) is 19.2. The normalized spacial score (nSPS) is 20.7. The van der Waals surface area contributed by atoms with Crippen LogP contribution in [0.5, 0.6) is 0 Å². The molecule has 0 spiro atoms. The Hall–Kier alpha value is -1.56. The van der Waals surface area contributed by atoms with Crippen LogP contribution in [0.25, 0.3) is 0 Å². The maximum atomic E-state index is 12.8. The number of benzene rings is 2. The van der Waals surface area contributed by atoms with E-state index < -0.39 is 10.0 Å². The minimum absolute atomic E-state index is 0.115. The Bertz CT molecular complexity index is 835. The van der Waals surface area contributed by atoms with Crippen LogP contribution in [-0.2, 0) is 10.0 Å². The van der Waals surface area contributed by atoms with Crippen LogP contribution in [0.2, 0.25) is 5.02 Å². The van der Waals surface area contributed by atoms with Crippen molar-refractivity contribution in [1.29, 1.82) is 0 Å². The van der Waals surface area contributed by atoms with Crippen LogP contribution in [0.4, 0.5) is 5.69 Å². The topological polar surface area (TPSA) is 49.4 Å². The summed E-state index contributed by atoms with van der Waals surface area (Å²) in [5, 5.41) is 0.526. The first-order chi connectivity index (χ1) is 12.4. The van der Waals surface area contributed by atoms with Gasteiger partial charge in [-0.1, -0.05) is 42.1 Å². The summed E-state index contributed by atoms with van der Waals surface area (Å²) in [6, 6.07) is 14.7. The number of hydrogen-bond acceptors (Lipinski definition) is 3. The first-order valence-electron chi connectivity index (χ1n) is 8.94. The van der Waals surface area contributed by atoms with Crippen LogP contribution in [0.3, 0.4) is 0 Å². The zero-order valence-electron chi connectivity index (χ0n) is 15.2. The number of nitrogens with one attached hydrogen (secondary N) is 1. The molecule has 3 rings (SSSR count). The fraction of sp³-hybridized carbons (Fsp3) is 0.400. The van der Waals surface area contributed by atoms with Gasteiger partial charge in [-0.3, -0.25) is 0 Å². The SMILES string of the molecule is Cc1ccc(N(C)[C@H]2CCCC[C@H]2NS(=O)(=O)c2ccc(Cl)cc2)cc1. The highest BCUT2D eigenvalue weighted by molar-refractivity contribution is 7.89. The molecule has 1 fully saturated rings. The Kier molecular flexibility index (Phi) is 5.90. The Balaban J connectivity index is 1.80. The summed E-state index contributed by atoms with van der Waals surface area (Å²) < 4.78 is 28.5. The van der Waals surface area contributed by atoms with E-state index in [0.717, 1.165) is 31.4 Å². The number of hydrogen-bond donors (Lipinski definition) is 1. The van der Waals surface area contributed by atoms with E-state index in [1.165, 1.54) is 5.56 Å². The van der Waals surface area contributed by atoms with Gasteiger partial charge in [-0.15, -0.1) is 0 Å². The van der Waals surface area contributed by atoms with E-state index in [9.17, 15) is 8.42 Å². The number of nitrogens with zero attached hydrogens (tertiary/aromatic N) is 1. The van der Waals surface area contributed by atoms with Gasteiger partial charge in [0.1, 0.15) is 0 Å². The molecule has 0 saturated heterocycles. The van der Waals surface area contributed by atoms with Crippen molar-refractivity contribution in [2.24, 2.45) is 0 Å². The van der Waals surface area contributed by atoms with Crippen molar-refractivity contribution in [3.8, 4) is 0 Å². The van der Waals surface area contributed by atoms with Crippen LogP contribution in [-0.4, -0.2) is 27.5 Å². The van der Waals surface area contributed by atoms with Gasteiger partial charge < -0.3 is 4.90 Å². The molecule has 26 heavy (non-hydrogen) atoms. The summed E-state index contributed by atoms with van der Waals surface area (Å²) in [4.78, 5) is 2.46. The van der Waals surface area contributed by atoms with E-state index in [4.69, 9.17) is 11.6 Å². The monoisotopic (exact) mass is 392 g/mol. The average Bonchev–Trinajstić information content (AvgIpc) is 2.62. The minimum Gasteiger partial charge on any atom is -0.370 e. The molecular formula is C20H25ClN2O2S. The van der Waals surface area contributed by atoms with Gasteiger partial charge >= 0.3 is 0 Å². The molecule has 140 valence electrons. The number of likely N-dealkylation sites (N-methyl/N-ethyl adjacent to an activating group) is 1. The lowest BCUT2D eigenvalue weighted by molar-refractivity contribution is 0.351. The highest BCUT2D eigenvalue weighted by Gasteiger charge is 2.32. The maximum absolute atomic E-state index is 12.8. The first-order valence-corrected chi connectivity index (χ1v) is 10.8. The standard InChI is InChI=1S/C20H25ClN2O2S/c1-15-7-11-17(12-8-15)23(2)20-6-4-3-5-19(20)22-26(24,25)18-13-9-16(21)10-14-18/h7-14,19-20,22H,3-6H2,1-2H3/t19-,20+/m1/s1. The number of aryl methyl sites for hydroxylation is 1. The van der Waals surface area contributed by atoms with Gasteiger partial charge in [0.05, 0.1) is 4.90 Å². The fourth-order valence-corrected chi connectivity index (χ4v) is 4.99. The van der Waals surface area contributed by atoms with Gasteiger partial charge in [0.15, 0.2) is 0 Å². The molecule has 1 aliphatic carbocycles. The second kappa shape index (κ2) is 7.99. The average molecular weight is 393 g/mol. The molecule has 0 radical (unpaired) electrons. The van der Waals surface area contributed by atoms with E-state index >= 15 is 0 Å². The lowest BCUT2D eigenvalue weighted by Crippen LogP contribution is -2.52. The zero-order valence-corrected chi connectivity index (χ0v) is 16.7. The highest BCUT2D eigenvalue weighted by Crippen LogP contribution is 2.28. The van der Waals surface area contributed by atoms with Gasteiger partial charge in [-0.2, -0.15) is 0 Å². The van der Waals surface area contributed by atoms with E-state index in [-0.39, 0.29) is 17.0 Å². The highest BCUT2D eigenvalue weighted by atomic mass is 35.5. The van der Waals surface area contributed by atoms with Crippen molar-refractivity contribution in [2.75, 3.05) is 11.9 Å². The quantitative estimate of drug-likeness (QED) is 0.821. The van der Waals surface area contributed by atoms with E-state index in [1.54, 1.807) is 24.3 Å². The molecule has 0 heterocycles. The summed E-state index contributed by atoms with van der Waals surface area (Å²) in [6.07, 6.45) is 3.96. The van der Waals surface area contributed by atoms with Crippen molar-refractivity contribution < 1.29 is 8.42 Å². The van der Waals surface area contributed by atoms with Gasteiger partial charge in [0.2, 0.25) is 10.0 Å². The molecule has 0 aromatic heterocycles. The van der Waals surface area contributed by atoms with Crippen LogP contribution in [0.1, 0.15) is 31.2 Å². The fourth-order valence-electron chi connectivity index (χ4n) is 3.56. The van der Waals surface area contributed by atoms with Crippen LogP contribution in [0.15, 0.2) is 53.4 Å². The van der Waals surface area contributed by atoms with Crippen LogP contribution < -0.4 is 9.62 Å². The number of halogens is 1. The molecule has 1 aliphatic rings. The van der Waals surface area contributed by atoms with Crippen molar-refractivity contribution in [3.05, 3.63) is 59.1 Å². The second-order valence-electron chi connectivity index (χ2n) is 6.98. The summed E-state index contributed by atoms with van der Waals surface area (Å²) in [6.45, 7) is 2.06. The molecule has 1 saturated carbocycles.